The normalized spacial score (nSPS) is 21.3. The topological polar surface area (TPSA) is 161 Å². The predicted molar refractivity (Wildman–Crippen MR) is 180 cm³/mol. The van der Waals surface area contributed by atoms with Crippen LogP contribution in [0.3, 0.4) is 0 Å². The van der Waals surface area contributed by atoms with E-state index in [1.54, 1.807) is 0 Å². The zero-order valence-electron chi connectivity index (χ0n) is 28.7. The van der Waals surface area contributed by atoms with Crippen LogP contribution in [0.5, 0.6) is 0 Å². The summed E-state index contributed by atoms with van der Waals surface area (Å²) in [5.74, 6) is -3.85. The number of esters is 4. The molecule has 4 rings (SSSR count). The van der Waals surface area contributed by atoms with E-state index in [4.69, 9.17) is 28.4 Å². The number of nitrogens with zero attached hydrogens (tertiary/aromatic N) is 1. The van der Waals surface area contributed by atoms with Crippen LogP contribution in [-0.2, 0) is 70.0 Å². The molecule has 0 bridgehead atoms. The largest absolute Gasteiger partial charge is 0.467 e. The number of aryl methyl sites for hydroxylation is 2. The lowest BCUT2D eigenvalue weighted by Gasteiger charge is -2.43. The zero-order chi connectivity index (χ0) is 36.7. The van der Waals surface area contributed by atoms with Crippen molar-refractivity contribution in [2.45, 2.75) is 78.2 Å². The number of fused-ring (bicyclic) bond motifs is 1. The van der Waals surface area contributed by atoms with Crippen LogP contribution in [-0.4, -0.2) is 98.0 Å². The first-order valence-electron chi connectivity index (χ1n) is 15.9. The Morgan fingerprint density at radius 2 is 1.56 bits per heavy atom. The average molecular weight is 759 g/mol. The van der Waals surface area contributed by atoms with Gasteiger partial charge in [-0.2, -0.15) is 0 Å². The van der Waals surface area contributed by atoms with Crippen LogP contribution in [0.2, 0.25) is 0 Å². The third-order valence-electron chi connectivity index (χ3n) is 8.17. The van der Waals surface area contributed by atoms with Crippen molar-refractivity contribution in [1.29, 1.82) is 0 Å². The van der Waals surface area contributed by atoms with Gasteiger partial charge in [-0.15, -0.1) is 0 Å². The van der Waals surface area contributed by atoms with Gasteiger partial charge in [0.15, 0.2) is 36.5 Å². The van der Waals surface area contributed by atoms with Gasteiger partial charge in [-0.3, -0.25) is 24.0 Å². The Morgan fingerprint density at radius 3 is 2.20 bits per heavy atom. The maximum atomic E-state index is 13.8. The molecular weight excluding hydrogens is 718 g/mol. The van der Waals surface area contributed by atoms with Gasteiger partial charge in [-0.1, -0.05) is 51.8 Å². The van der Waals surface area contributed by atoms with E-state index < -0.39 is 54.6 Å². The number of hydrogen-bond acceptors (Lipinski definition) is 12. The van der Waals surface area contributed by atoms with Crippen molar-refractivity contribution in [1.82, 2.24) is 4.90 Å². The van der Waals surface area contributed by atoms with Crippen molar-refractivity contribution >= 4 is 57.6 Å². The summed E-state index contributed by atoms with van der Waals surface area (Å²) in [5.41, 5.74) is 5.10. The highest BCUT2D eigenvalue weighted by molar-refractivity contribution is 9.10. The molecule has 2 aromatic carbocycles. The van der Waals surface area contributed by atoms with Crippen LogP contribution < -0.4 is 0 Å². The molecule has 1 saturated heterocycles. The van der Waals surface area contributed by atoms with E-state index in [1.807, 2.05) is 56.3 Å². The van der Waals surface area contributed by atoms with Gasteiger partial charge in [0.1, 0.15) is 0 Å². The molecular formula is C36H40BrNO12. The fourth-order valence-corrected chi connectivity index (χ4v) is 6.41. The van der Waals surface area contributed by atoms with Gasteiger partial charge >= 0.3 is 23.9 Å². The Balaban J connectivity index is 1.63. The van der Waals surface area contributed by atoms with Gasteiger partial charge in [-0.25, -0.2) is 4.79 Å². The highest BCUT2D eigenvalue weighted by atomic mass is 79.9. The van der Waals surface area contributed by atoms with E-state index in [-0.39, 0.29) is 44.2 Å². The molecule has 1 fully saturated rings. The molecule has 1 aliphatic heterocycles. The third-order valence-corrected chi connectivity index (χ3v) is 8.94. The van der Waals surface area contributed by atoms with Crippen molar-refractivity contribution in [3.05, 3.63) is 74.3 Å². The van der Waals surface area contributed by atoms with Crippen molar-refractivity contribution in [3.63, 3.8) is 0 Å². The number of amides is 1. The second kappa shape index (κ2) is 17.0. The second-order valence-electron chi connectivity index (χ2n) is 12.0. The van der Waals surface area contributed by atoms with Crippen LogP contribution in [0.15, 0.2) is 46.4 Å². The van der Waals surface area contributed by atoms with Crippen LogP contribution in [0.25, 0.3) is 6.08 Å². The Bertz CT molecular complexity index is 1690. The molecule has 2 aromatic rings. The molecule has 0 N–H and O–H groups in total. The summed E-state index contributed by atoms with van der Waals surface area (Å²) in [7, 11) is 1.09. The molecule has 0 unspecified atom stereocenters. The number of hydrogen-bond donors (Lipinski definition) is 0. The number of methoxy groups -OCH3 is 1. The van der Waals surface area contributed by atoms with E-state index in [2.05, 4.69) is 15.9 Å². The molecule has 50 heavy (non-hydrogen) atoms. The summed E-state index contributed by atoms with van der Waals surface area (Å²) in [6.45, 7) is 6.89. The maximum Gasteiger partial charge on any atom is 0.339 e. The minimum Gasteiger partial charge on any atom is -0.467 e. The molecule has 1 aliphatic carbocycles. The molecule has 1 amide bonds. The van der Waals surface area contributed by atoms with Crippen LogP contribution in [0.4, 0.5) is 0 Å². The number of rotatable bonds is 12. The molecule has 2 aliphatic rings. The highest BCUT2D eigenvalue weighted by Gasteiger charge is 2.55. The SMILES string of the molecule is COC(=O)[C@H]1O[C@@H](OCCN(CC2=Cc3cc(C)cc(C)c3CC2=O)C(=O)Cc2ccccc2Br)[C@H](OC(C)=O)[C@@H](OC(C)=O)[C@@H]1OC(C)=O. The fourth-order valence-electron chi connectivity index (χ4n) is 5.98. The van der Waals surface area contributed by atoms with E-state index in [0.29, 0.717) is 5.57 Å². The lowest BCUT2D eigenvalue weighted by atomic mass is 9.87. The average Bonchev–Trinajstić information content (AvgIpc) is 3.03. The summed E-state index contributed by atoms with van der Waals surface area (Å²) >= 11 is 3.49. The first-order chi connectivity index (χ1) is 23.7. The van der Waals surface area contributed by atoms with E-state index >= 15 is 0 Å². The monoisotopic (exact) mass is 757 g/mol. The highest BCUT2D eigenvalue weighted by Crippen LogP contribution is 2.31. The molecule has 5 atom stereocenters. The summed E-state index contributed by atoms with van der Waals surface area (Å²) in [5, 5.41) is 0. The third kappa shape index (κ3) is 9.64. The Labute approximate surface area is 298 Å². The summed E-state index contributed by atoms with van der Waals surface area (Å²) in [4.78, 5) is 77.7. The van der Waals surface area contributed by atoms with E-state index in [9.17, 15) is 28.8 Å². The van der Waals surface area contributed by atoms with Crippen molar-refractivity contribution in [2.75, 3.05) is 26.8 Å². The molecule has 0 radical (unpaired) electrons. The Morgan fingerprint density at radius 1 is 0.920 bits per heavy atom. The van der Waals surface area contributed by atoms with Crippen LogP contribution in [0, 0.1) is 13.8 Å². The summed E-state index contributed by atoms with van der Waals surface area (Å²) < 4.78 is 33.5. The lowest BCUT2D eigenvalue weighted by Crippen LogP contribution is -2.64. The molecule has 268 valence electrons. The second-order valence-corrected chi connectivity index (χ2v) is 12.9. The van der Waals surface area contributed by atoms with E-state index in [1.165, 1.54) is 4.90 Å². The molecule has 13 nitrogen and oxygen atoms in total. The standard InChI is InChI=1S/C36H40BrNO12/c1-19-13-20(2)27-17-29(42)26(15-25(27)14-19)18-38(30(43)16-24-9-7-8-10-28(24)37)11-12-46-36-34(49-23(5)41)32(48-22(4)40)31(47-21(3)39)33(50-36)35(44)45-6/h7-10,13-15,31-34,36H,11-12,16-18H2,1-6H3/t31-,32-,33-,34+,36+/m0/s1. The molecule has 0 spiro atoms. The van der Waals surface area contributed by atoms with Crippen molar-refractivity contribution in [3.8, 4) is 0 Å². The number of halogens is 1. The van der Waals surface area contributed by atoms with E-state index in [0.717, 1.165) is 60.2 Å². The van der Waals surface area contributed by atoms with Crippen molar-refractivity contribution < 1.29 is 57.2 Å². The lowest BCUT2D eigenvalue weighted by molar-refractivity contribution is -0.301. The number of ketones is 1. The first kappa shape index (κ1) is 38.4. The van der Waals surface area contributed by atoms with Gasteiger partial charge in [-0.05, 0) is 48.2 Å². The number of carbonyl (C=O) groups excluding carboxylic acids is 6. The fraction of sp³-hybridized carbons (Fsp3) is 0.444. The molecule has 1 heterocycles. The molecule has 14 heteroatoms. The summed E-state index contributed by atoms with van der Waals surface area (Å²) in [6.07, 6.45) is -5.70. The van der Waals surface area contributed by atoms with Gasteiger partial charge < -0.3 is 33.3 Å². The first-order valence-corrected chi connectivity index (χ1v) is 16.7. The predicted octanol–water partition coefficient (Wildman–Crippen LogP) is 3.36. The van der Waals surface area contributed by atoms with Gasteiger partial charge in [0.05, 0.1) is 20.1 Å². The number of carbonyl (C=O) groups is 6. The van der Waals surface area contributed by atoms with Crippen molar-refractivity contribution in [2.24, 2.45) is 0 Å². The van der Waals surface area contributed by atoms with Gasteiger partial charge in [0, 0.05) is 50.3 Å². The minimum absolute atomic E-state index is 0.0106. The summed E-state index contributed by atoms with van der Waals surface area (Å²) in [6, 6.07) is 11.3. The molecule has 0 aromatic heterocycles. The molecule has 0 saturated carbocycles. The quantitative estimate of drug-likeness (QED) is 0.230. The smallest absolute Gasteiger partial charge is 0.339 e. The number of Topliss-reactive ketones (excluding diaryl/α,β-unsaturated/α-hetero) is 1. The van der Waals surface area contributed by atoms with Gasteiger partial charge in [0.2, 0.25) is 5.91 Å². The maximum absolute atomic E-state index is 13.8. The minimum atomic E-state index is -1.63. The number of ether oxygens (including phenoxy) is 6. The van der Waals surface area contributed by atoms with Crippen LogP contribution >= 0.6 is 15.9 Å². The zero-order valence-corrected chi connectivity index (χ0v) is 30.3. The Hall–Kier alpha value is -4.40. The number of benzene rings is 2. The van der Waals surface area contributed by atoms with Crippen LogP contribution in [0.1, 0.15) is 48.6 Å². The Kier molecular flexibility index (Phi) is 13.1. The van der Waals surface area contributed by atoms with Gasteiger partial charge in [0.25, 0.3) is 0 Å².